The van der Waals surface area contributed by atoms with E-state index in [1.165, 1.54) is 99.0 Å². The third kappa shape index (κ3) is 5.54. The Balaban J connectivity index is 1.29. The summed E-state index contributed by atoms with van der Waals surface area (Å²) in [5, 5.41) is 10.0. The highest BCUT2D eigenvalue weighted by atomic mass is 15.1. The summed E-state index contributed by atoms with van der Waals surface area (Å²) < 4.78 is 0. The molecule has 0 heterocycles. The van der Waals surface area contributed by atoms with Crippen molar-refractivity contribution in [3.05, 3.63) is 217 Å². The van der Waals surface area contributed by atoms with E-state index in [0.29, 0.717) is 0 Å². The number of hydrogen-bond acceptors (Lipinski definition) is 1. The molecular formula is C56H39N. The van der Waals surface area contributed by atoms with Crippen molar-refractivity contribution < 1.29 is 0 Å². The Morgan fingerprint density at radius 3 is 1.75 bits per heavy atom. The predicted octanol–water partition coefficient (Wildman–Crippen LogP) is 15.7. The topological polar surface area (TPSA) is 3.24 Å². The highest BCUT2D eigenvalue weighted by molar-refractivity contribution is 6.33. The van der Waals surface area contributed by atoms with Gasteiger partial charge in [-0.15, -0.1) is 0 Å². The van der Waals surface area contributed by atoms with Crippen LogP contribution in [0.15, 0.2) is 206 Å². The first-order chi connectivity index (χ1) is 28.3. The second-order valence-electron chi connectivity index (χ2n) is 15.1. The van der Waals surface area contributed by atoms with Gasteiger partial charge in [0, 0.05) is 16.8 Å². The van der Waals surface area contributed by atoms with Crippen LogP contribution in [0.2, 0.25) is 0 Å². The number of fused-ring (bicyclic) bond motifs is 8. The molecule has 10 aromatic carbocycles. The van der Waals surface area contributed by atoms with Crippen LogP contribution in [0.25, 0.3) is 82.5 Å². The van der Waals surface area contributed by atoms with E-state index in [4.69, 9.17) is 0 Å². The molecule has 0 spiro atoms. The molecular weight excluding hydrogens is 687 g/mol. The molecule has 1 aliphatic carbocycles. The second-order valence-corrected chi connectivity index (χ2v) is 15.1. The van der Waals surface area contributed by atoms with E-state index < -0.39 is 0 Å². The highest BCUT2D eigenvalue weighted by Crippen LogP contribution is 2.50. The molecule has 10 aromatic rings. The van der Waals surface area contributed by atoms with Gasteiger partial charge in [-0.25, -0.2) is 0 Å². The standard InChI is InChI=1S/C56H39N/c1-4-18-40(19-5-1)49-37-50(41-20-6-2-7-21-41)55-48-35-34-43(36-51(48)46-30-14-15-31-47(46)56(55)54(49)42-24-8-3-9-25-42)57(52-32-16-26-38-22-10-12-28-44(38)52)53-33-17-27-39-23-11-13-29-45(39)53/h1-12,14-28,30-37H,13,29H2. The fourth-order valence-corrected chi connectivity index (χ4v) is 9.35. The quantitative estimate of drug-likeness (QED) is 0.154. The fourth-order valence-electron chi connectivity index (χ4n) is 9.35. The monoisotopic (exact) mass is 725 g/mol. The first-order valence-corrected chi connectivity index (χ1v) is 20.0. The summed E-state index contributed by atoms with van der Waals surface area (Å²) in [7, 11) is 0. The van der Waals surface area contributed by atoms with Crippen LogP contribution in [-0.4, -0.2) is 0 Å². The maximum atomic E-state index is 2.52. The molecule has 0 aromatic heterocycles. The van der Waals surface area contributed by atoms with Crippen LogP contribution in [0, 0.1) is 0 Å². The molecule has 0 fully saturated rings. The summed E-state index contributed by atoms with van der Waals surface area (Å²) in [5.74, 6) is 0. The summed E-state index contributed by atoms with van der Waals surface area (Å²) >= 11 is 0. The van der Waals surface area contributed by atoms with Gasteiger partial charge in [-0.3, -0.25) is 0 Å². The minimum atomic E-state index is 1.01. The number of anilines is 3. The predicted molar refractivity (Wildman–Crippen MR) is 245 cm³/mol. The molecule has 0 bridgehead atoms. The summed E-state index contributed by atoms with van der Waals surface area (Å²) in [4.78, 5) is 2.52. The van der Waals surface area contributed by atoms with Gasteiger partial charge in [-0.2, -0.15) is 0 Å². The summed E-state index contributed by atoms with van der Waals surface area (Å²) in [6.45, 7) is 0. The largest absolute Gasteiger partial charge is 0.310 e. The van der Waals surface area contributed by atoms with E-state index >= 15 is 0 Å². The van der Waals surface area contributed by atoms with Gasteiger partial charge in [0.15, 0.2) is 0 Å². The average molecular weight is 726 g/mol. The van der Waals surface area contributed by atoms with Gasteiger partial charge in [-0.1, -0.05) is 182 Å². The van der Waals surface area contributed by atoms with Crippen molar-refractivity contribution in [1.82, 2.24) is 0 Å². The molecule has 1 nitrogen and oxygen atoms in total. The van der Waals surface area contributed by atoms with Gasteiger partial charge in [0.2, 0.25) is 0 Å². The van der Waals surface area contributed by atoms with Crippen molar-refractivity contribution in [2.24, 2.45) is 0 Å². The van der Waals surface area contributed by atoms with Crippen LogP contribution in [0.4, 0.5) is 17.1 Å². The van der Waals surface area contributed by atoms with Gasteiger partial charge < -0.3 is 4.90 Å². The molecule has 0 amide bonds. The zero-order valence-electron chi connectivity index (χ0n) is 31.6. The Kier molecular flexibility index (Phi) is 8.03. The first-order valence-electron chi connectivity index (χ1n) is 20.0. The number of rotatable bonds is 6. The van der Waals surface area contributed by atoms with E-state index in [1.54, 1.807) is 0 Å². The zero-order valence-corrected chi connectivity index (χ0v) is 31.6. The van der Waals surface area contributed by atoms with Crippen LogP contribution >= 0.6 is 0 Å². The zero-order chi connectivity index (χ0) is 37.7. The molecule has 0 saturated heterocycles. The molecule has 57 heavy (non-hydrogen) atoms. The molecule has 0 saturated carbocycles. The maximum absolute atomic E-state index is 2.52. The molecule has 11 rings (SSSR count). The molecule has 0 N–H and O–H groups in total. The summed E-state index contributed by atoms with van der Waals surface area (Å²) in [6.07, 6.45) is 6.65. The highest BCUT2D eigenvalue weighted by Gasteiger charge is 2.24. The molecule has 0 aliphatic heterocycles. The van der Waals surface area contributed by atoms with E-state index in [9.17, 15) is 0 Å². The molecule has 268 valence electrons. The molecule has 0 radical (unpaired) electrons. The Bertz CT molecular complexity index is 3160. The van der Waals surface area contributed by atoms with Crippen LogP contribution in [0.5, 0.6) is 0 Å². The summed E-state index contributed by atoms with van der Waals surface area (Å²) in [5.41, 5.74) is 13.6. The average Bonchev–Trinajstić information content (AvgIpc) is 3.29. The van der Waals surface area contributed by atoms with Gasteiger partial charge in [-0.05, 0) is 125 Å². The molecule has 1 aliphatic rings. The SMILES string of the molecule is C1=Cc2cccc(N(c3ccc4c(c3)c3ccccc3c3c(-c5ccccc5)c(-c5ccccc5)cc(-c5ccccc5)c43)c3cccc4ccccc34)c2CC1. The third-order valence-electron chi connectivity index (χ3n) is 11.9. The van der Waals surface area contributed by atoms with Crippen molar-refractivity contribution in [3.63, 3.8) is 0 Å². The fraction of sp³-hybridized carbons (Fsp3) is 0.0357. The van der Waals surface area contributed by atoms with Gasteiger partial charge >= 0.3 is 0 Å². The Hall–Kier alpha value is -7.22. The van der Waals surface area contributed by atoms with Crippen LogP contribution in [0.1, 0.15) is 17.5 Å². The van der Waals surface area contributed by atoms with Gasteiger partial charge in [0.1, 0.15) is 0 Å². The van der Waals surface area contributed by atoms with Gasteiger partial charge in [0.05, 0.1) is 5.69 Å². The summed E-state index contributed by atoms with van der Waals surface area (Å²) in [6, 6.07) is 73.8. The third-order valence-corrected chi connectivity index (χ3v) is 11.9. The lowest BCUT2D eigenvalue weighted by molar-refractivity contribution is 0.980. The van der Waals surface area contributed by atoms with E-state index in [-0.39, 0.29) is 0 Å². The molecule has 1 heteroatoms. The van der Waals surface area contributed by atoms with Crippen LogP contribution in [-0.2, 0) is 6.42 Å². The molecule has 0 atom stereocenters. The smallest absolute Gasteiger partial charge is 0.0540 e. The number of benzene rings is 10. The minimum Gasteiger partial charge on any atom is -0.310 e. The van der Waals surface area contributed by atoms with Crippen LogP contribution in [0.3, 0.4) is 0 Å². The number of nitrogens with zero attached hydrogens (tertiary/aromatic N) is 1. The van der Waals surface area contributed by atoms with Crippen LogP contribution < -0.4 is 4.90 Å². The minimum absolute atomic E-state index is 1.01. The maximum Gasteiger partial charge on any atom is 0.0540 e. The Morgan fingerprint density at radius 2 is 0.982 bits per heavy atom. The lowest BCUT2D eigenvalue weighted by Crippen LogP contribution is -2.14. The van der Waals surface area contributed by atoms with Crippen molar-refractivity contribution in [3.8, 4) is 33.4 Å². The van der Waals surface area contributed by atoms with Crippen molar-refractivity contribution in [1.29, 1.82) is 0 Å². The number of allylic oxidation sites excluding steroid dienone is 1. The Labute approximate surface area is 333 Å². The van der Waals surface area contributed by atoms with E-state index in [0.717, 1.165) is 18.5 Å². The van der Waals surface area contributed by atoms with E-state index in [1.807, 2.05) is 0 Å². The first kappa shape index (κ1) is 33.1. The normalized spacial score (nSPS) is 12.4. The van der Waals surface area contributed by atoms with Crippen molar-refractivity contribution in [2.75, 3.05) is 4.90 Å². The lowest BCUT2D eigenvalue weighted by atomic mass is 9.81. The Morgan fingerprint density at radius 1 is 0.386 bits per heavy atom. The number of hydrogen-bond donors (Lipinski definition) is 0. The van der Waals surface area contributed by atoms with Crippen molar-refractivity contribution >= 4 is 66.2 Å². The molecule has 0 unspecified atom stereocenters. The second kappa shape index (κ2) is 13.8. The lowest BCUT2D eigenvalue weighted by Gasteiger charge is -2.31. The van der Waals surface area contributed by atoms with E-state index in [2.05, 4.69) is 217 Å². The van der Waals surface area contributed by atoms with Gasteiger partial charge in [0.25, 0.3) is 0 Å². The van der Waals surface area contributed by atoms with Crippen molar-refractivity contribution in [2.45, 2.75) is 12.8 Å².